The van der Waals surface area contributed by atoms with Crippen molar-refractivity contribution >= 4 is 35.2 Å². The quantitative estimate of drug-likeness (QED) is 0.318. The maximum atomic E-state index is 12.4. The third kappa shape index (κ3) is 4.64. The maximum absolute atomic E-state index is 12.4. The first-order valence-corrected chi connectivity index (χ1v) is 9.89. The van der Waals surface area contributed by atoms with Gasteiger partial charge in [-0.2, -0.15) is 0 Å². The molecule has 1 fully saturated rings. The van der Waals surface area contributed by atoms with Gasteiger partial charge in [0.15, 0.2) is 11.9 Å². The van der Waals surface area contributed by atoms with E-state index in [0.29, 0.717) is 24.1 Å². The molecule has 1 saturated heterocycles. The van der Waals surface area contributed by atoms with Crippen LogP contribution in [0.3, 0.4) is 0 Å². The number of likely N-dealkylation sites (tertiary alicyclic amines) is 1. The zero-order valence-corrected chi connectivity index (χ0v) is 16.9. The van der Waals surface area contributed by atoms with Crippen LogP contribution in [0.1, 0.15) is 43.5 Å². The highest BCUT2D eigenvalue weighted by Gasteiger charge is 2.47. The molecule has 1 aromatic carbocycles. The average Bonchev–Trinajstić information content (AvgIpc) is 2.97. The van der Waals surface area contributed by atoms with E-state index in [4.69, 9.17) is 4.74 Å². The number of allylic oxidation sites excluding steroid dienone is 2. The Balaban J connectivity index is 1.47. The van der Waals surface area contributed by atoms with Gasteiger partial charge >= 0.3 is 5.97 Å². The minimum Gasteiger partial charge on any atom is -0.452 e. The third-order valence-electron chi connectivity index (χ3n) is 5.37. The molecule has 0 radical (unpaired) electrons. The van der Waals surface area contributed by atoms with Crippen molar-refractivity contribution in [3.05, 3.63) is 42.0 Å². The van der Waals surface area contributed by atoms with Crippen molar-refractivity contribution in [1.29, 1.82) is 0 Å². The Morgan fingerprint density at radius 3 is 2.17 bits per heavy atom. The first kappa shape index (κ1) is 21.4. The van der Waals surface area contributed by atoms with E-state index in [9.17, 15) is 24.0 Å². The second-order valence-corrected chi connectivity index (χ2v) is 7.49. The first-order chi connectivity index (χ1) is 14.3. The maximum Gasteiger partial charge on any atom is 0.308 e. The van der Waals surface area contributed by atoms with Gasteiger partial charge < -0.3 is 10.1 Å². The predicted octanol–water partition coefficient (Wildman–Crippen LogP) is 2.10. The lowest BCUT2D eigenvalue weighted by Crippen LogP contribution is -2.35. The number of rotatable bonds is 7. The van der Waals surface area contributed by atoms with Crippen LogP contribution >= 0.6 is 0 Å². The predicted molar refractivity (Wildman–Crippen MR) is 107 cm³/mol. The molecule has 1 aromatic rings. The van der Waals surface area contributed by atoms with Gasteiger partial charge in [-0.25, -0.2) is 0 Å². The Bertz CT molecular complexity index is 879. The number of fused-ring (bicyclic) bond motifs is 1. The standard InChI is InChI=1S/C22H24N2O6/c1-13(25)15-7-9-16(10-8-15)23-20(27)14(2)30-19(26)11-12-24-21(28)17-5-3-4-6-18(17)22(24)29/h3-4,7-10,14,17-18H,5-6,11-12H2,1-2H3,(H,23,27)/t14-,17-,18+/m0/s1. The summed E-state index contributed by atoms with van der Waals surface area (Å²) in [4.78, 5) is 61.5. The van der Waals surface area contributed by atoms with Crippen LogP contribution in [0.2, 0.25) is 0 Å². The minimum absolute atomic E-state index is 0.0512. The van der Waals surface area contributed by atoms with E-state index in [1.165, 1.54) is 13.8 Å². The summed E-state index contributed by atoms with van der Waals surface area (Å²) in [6.07, 6.45) is 3.66. The van der Waals surface area contributed by atoms with E-state index >= 15 is 0 Å². The van der Waals surface area contributed by atoms with Crippen LogP contribution in [-0.4, -0.2) is 47.0 Å². The Kier molecular flexibility index (Phi) is 6.44. The zero-order chi connectivity index (χ0) is 21.8. The summed E-state index contributed by atoms with van der Waals surface area (Å²) in [5.41, 5.74) is 0.992. The van der Waals surface area contributed by atoms with E-state index in [2.05, 4.69) is 5.32 Å². The number of imide groups is 1. The van der Waals surface area contributed by atoms with Gasteiger partial charge in [-0.1, -0.05) is 12.2 Å². The fourth-order valence-corrected chi connectivity index (χ4v) is 3.63. The smallest absolute Gasteiger partial charge is 0.308 e. The van der Waals surface area contributed by atoms with E-state index in [0.717, 1.165) is 4.90 Å². The van der Waals surface area contributed by atoms with Crippen molar-refractivity contribution in [3.8, 4) is 0 Å². The molecule has 30 heavy (non-hydrogen) atoms. The summed E-state index contributed by atoms with van der Waals surface area (Å²) in [7, 11) is 0. The number of ether oxygens (including phenoxy) is 1. The van der Waals surface area contributed by atoms with Gasteiger partial charge in [0.2, 0.25) is 11.8 Å². The molecule has 0 unspecified atom stereocenters. The van der Waals surface area contributed by atoms with Crippen molar-refractivity contribution in [2.24, 2.45) is 11.8 Å². The lowest BCUT2D eigenvalue weighted by Gasteiger charge is -2.16. The number of Topliss-reactive ketones (excluding diaryl/α,β-unsaturated/α-hetero) is 1. The number of ketones is 1. The highest BCUT2D eigenvalue weighted by molar-refractivity contribution is 6.05. The van der Waals surface area contributed by atoms with Crippen LogP contribution in [-0.2, 0) is 23.9 Å². The second kappa shape index (κ2) is 9.02. The topological polar surface area (TPSA) is 110 Å². The summed E-state index contributed by atoms with van der Waals surface area (Å²) in [6, 6.07) is 6.35. The van der Waals surface area contributed by atoms with Crippen molar-refractivity contribution in [1.82, 2.24) is 4.90 Å². The number of hydrogen-bond acceptors (Lipinski definition) is 6. The van der Waals surface area contributed by atoms with Gasteiger partial charge in [0.1, 0.15) is 0 Å². The third-order valence-corrected chi connectivity index (χ3v) is 5.37. The van der Waals surface area contributed by atoms with E-state index in [1.54, 1.807) is 24.3 Å². The number of esters is 1. The summed E-state index contributed by atoms with van der Waals surface area (Å²) < 4.78 is 5.13. The van der Waals surface area contributed by atoms with Gasteiger partial charge in [-0.15, -0.1) is 0 Å². The van der Waals surface area contributed by atoms with E-state index in [-0.39, 0.29) is 42.4 Å². The number of hydrogen-bond donors (Lipinski definition) is 1. The van der Waals surface area contributed by atoms with Crippen molar-refractivity contribution in [2.75, 3.05) is 11.9 Å². The fourth-order valence-electron chi connectivity index (χ4n) is 3.63. The number of carbonyl (C=O) groups is 5. The molecule has 0 saturated carbocycles. The normalized spacial score (nSPS) is 21.2. The van der Waals surface area contributed by atoms with Crippen LogP contribution in [0.5, 0.6) is 0 Å². The highest BCUT2D eigenvalue weighted by Crippen LogP contribution is 2.35. The molecule has 3 amide bonds. The molecule has 1 aliphatic carbocycles. The number of nitrogens with one attached hydrogen (secondary N) is 1. The molecule has 1 heterocycles. The van der Waals surface area contributed by atoms with Gasteiger partial charge in [0.25, 0.3) is 5.91 Å². The van der Waals surface area contributed by atoms with Crippen LogP contribution in [0.4, 0.5) is 5.69 Å². The molecule has 3 atom stereocenters. The number of benzene rings is 1. The van der Waals surface area contributed by atoms with Gasteiger partial charge in [-0.05, 0) is 51.0 Å². The Hall–Kier alpha value is -3.29. The monoisotopic (exact) mass is 412 g/mol. The zero-order valence-electron chi connectivity index (χ0n) is 16.9. The number of nitrogens with zero attached hydrogens (tertiary/aromatic N) is 1. The highest BCUT2D eigenvalue weighted by atomic mass is 16.5. The van der Waals surface area contributed by atoms with Crippen LogP contribution in [0.25, 0.3) is 0 Å². The molecule has 3 rings (SSSR count). The lowest BCUT2D eigenvalue weighted by atomic mass is 9.85. The summed E-state index contributed by atoms with van der Waals surface area (Å²) in [6.45, 7) is 2.83. The Morgan fingerprint density at radius 2 is 1.63 bits per heavy atom. The number of anilines is 1. The van der Waals surface area contributed by atoms with Crippen LogP contribution in [0.15, 0.2) is 36.4 Å². The summed E-state index contributed by atoms with van der Waals surface area (Å²) in [5.74, 6) is -2.44. The molecule has 8 nitrogen and oxygen atoms in total. The molecule has 2 aliphatic rings. The molecular formula is C22H24N2O6. The van der Waals surface area contributed by atoms with Gasteiger partial charge in [0, 0.05) is 17.8 Å². The first-order valence-electron chi connectivity index (χ1n) is 9.89. The minimum atomic E-state index is -1.05. The Morgan fingerprint density at radius 1 is 1.07 bits per heavy atom. The van der Waals surface area contributed by atoms with E-state index < -0.39 is 18.0 Å². The molecular weight excluding hydrogens is 388 g/mol. The fraction of sp³-hybridized carbons (Fsp3) is 0.409. The summed E-state index contributed by atoms with van der Waals surface area (Å²) >= 11 is 0. The van der Waals surface area contributed by atoms with Gasteiger partial charge in [0.05, 0.1) is 18.3 Å². The largest absolute Gasteiger partial charge is 0.452 e. The average molecular weight is 412 g/mol. The number of carbonyl (C=O) groups excluding carboxylic acids is 5. The van der Waals surface area contributed by atoms with Crippen molar-refractivity contribution < 1.29 is 28.7 Å². The van der Waals surface area contributed by atoms with Crippen LogP contribution < -0.4 is 5.32 Å². The van der Waals surface area contributed by atoms with Gasteiger partial charge in [-0.3, -0.25) is 28.9 Å². The molecule has 0 bridgehead atoms. The van der Waals surface area contributed by atoms with Crippen molar-refractivity contribution in [2.45, 2.75) is 39.2 Å². The second-order valence-electron chi connectivity index (χ2n) is 7.49. The molecule has 8 heteroatoms. The number of amides is 3. The van der Waals surface area contributed by atoms with Crippen LogP contribution in [0, 0.1) is 11.8 Å². The molecule has 158 valence electrons. The van der Waals surface area contributed by atoms with E-state index in [1.807, 2.05) is 12.2 Å². The molecule has 1 aliphatic heterocycles. The molecule has 0 aromatic heterocycles. The molecule has 1 N–H and O–H groups in total. The SMILES string of the molecule is CC(=O)c1ccc(NC(=O)[C@H](C)OC(=O)CCN2C(=O)[C@H]3CC=CC[C@H]3C2=O)cc1. The Labute approximate surface area is 174 Å². The lowest BCUT2D eigenvalue weighted by molar-refractivity contribution is -0.154. The molecule has 0 spiro atoms. The van der Waals surface area contributed by atoms with Crippen molar-refractivity contribution in [3.63, 3.8) is 0 Å². The summed E-state index contributed by atoms with van der Waals surface area (Å²) in [5, 5.41) is 2.61.